The molecular formula is C20H43N5O8. The predicted molar refractivity (Wildman–Crippen MR) is 118 cm³/mol. The second-order valence-corrected chi connectivity index (χ2v) is 9.03. The first-order valence-corrected chi connectivity index (χ1v) is 11.6. The molecule has 1 aliphatic carbocycles. The molecule has 0 aromatic rings. The van der Waals surface area contributed by atoms with Crippen molar-refractivity contribution >= 4 is 0 Å². The molecule has 1 saturated carbocycles. The van der Waals surface area contributed by atoms with Crippen LogP contribution in [0.4, 0.5) is 0 Å². The highest BCUT2D eigenvalue weighted by atomic mass is 16.7. The summed E-state index contributed by atoms with van der Waals surface area (Å²) in [5.74, 6) is 0. The SMILES string of the molecule is NCC(O)CNC1CC(N)CC(OC2CCC(CO)O2)C1.NC[C@@H]1O[C@H](O)[C@H](N)C(O)[C@@H]1O. The highest BCUT2D eigenvalue weighted by molar-refractivity contribution is 4.91. The normalized spacial score (nSPS) is 42.5. The van der Waals surface area contributed by atoms with Crippen LogP contribution in [0.2, 0.25) is 0 Å². The lowest BCUT2D eigenvalue weighted by atomic mass is 9.89. The fourth-order valence-corrected chi connectivity index (χ4v) is 4.26. The number of rotatable bonds is 8. The van der Waals surface area contributed by atoms with Gasteiger partial charge >= 0.3 is 0 Å². The molecule has 0 aromatic carbocycles. The molecule has 2 heterocycles. The Kier molecular flexibility index (Phi) is 12.3. The molecule has 3 rings (SSSR count). The molecule has 3 fully saturated rings. The molecule has 0 spiro atoms. The maximum Gasteiger partial charge on any atom is 0.172 e. The molecule has 196 valence electrons. The van der Waals surface area contributed by atoms with Crippen molar-refractivity contribution in [2.24, 2.45) is 22.9 Å². The first kappa shape index (κ1) is 28.7. The number of nitrogens with one attached hydrogen (secondary N) is 1. The fourth-order valence-electron chi connectivity index (χ4n) is 4.26. The molecule has 0 radical (unpaired) electrons. The van der Waals surface area contributed by atoms with Crippen LogP contribution in [0.25, 0.3) is 0 Å². The van der Waals surface area contributed by atoms with Gasteiger partial charge in [0.1, 0.15) is 18.3 Å². The lowest BCUT2D eigenvalue weighted by Gasteiger charge is -2.38. The second kappa shape index (κ2) is 14.1. The average molecular weight is 482 g/mol. The van der Waals surface area contributed by atoms with Crippen molar-refractivity contribution in [3.63, 3.8) is 0 Å². The van der Waals surface area contributed by atoms with Gasteiger partial charge in [-0.15, -0.1) is 0 Å². The maximum atomic E-state index is 9.51. The van der Waals surface area contributed by atoms with Crippen molar-refractivity contribution in [2.75, 3.05) is 26.2 Å². The van der Waals surface area contributed by atoms with Crippen LogP contribution in [0.1, 0.15) is 32.1 Å². The molecule has 13 heteroatoms. The zero-order chi connectivity index (χ0) is 24.5. The Morgan fingerprint density at radius 3 is 2.33 bits per heavy atom. The van der Waals surface area contributed by atoms with Crippen LogP contribution in [0.3, 0.4) is 0 Å². The van der Waals surface area contributed by atoms with E-state index in [1.807, 2.05) is 0 Å². The summed E-state index contributed by atoms with van der Waals surface area (Å²) >= 11 is 0. The third kappa shape index (κ3) is 8.89. The molecule has 0 amide bonds. The molecule has 2 saturated heterocycles. The number of aliphatic hydroxyl groups excluding tert-OH is 5. The van der Waals surface area contributed by atoms with Crippen molar-refractivity contribution < 1.29 is 39.7 Å². The van der Waals surface area contributed by atoms with E-state index in [4.69, 9.17) is 47.4 Å². The number of ether oxygens (including phenoxy) is 3. The topological polar surface area (TPSA) is 245 Å². The molecule has 0 bridgehead atoms. The van der Waals surface area contributed by atoms with E-state index in [1.165, 1.54) is 0 Å². The summed E-state index contributed by atoms with van der Waals surface area (Å²) in [5.41, 5.74) is 22.0. The first-order chi connectivity index (χ1) is 15.7. The zero-order valence-corrected chi connectivity index (χ0v) is 19.0. The van der Waals surface area contributed by atoms with Gasteiger partial charge in [0, 0.05) is 38.1 Å². The number of nitrogens with two attached hydrogens (primary N) is 4. The highest BCUT2D eigenvalue weighted by Crippen LogP contribution is 2.27. The number of hydrogen-bond acceptors (Lipinski definition) is 13. The van der Waals surface area contributed by atoms with E-state index in [9.17, 15) is 15.3 Å². The van der Waals surface area contributed by atoms with Crippen LogP contribution < -0.4 is 28.3 Å². The van der Waals surface area contributed by atoms with Gasteiger partial charge in [-0.2, -0.15) is 0 Å². The Morgan fingerprint density at radius 1 is 1.00 bits per heavy atom. The molecule has 0 aromatic heterocycles. The van der Waals surface area contributed by atoms with E-state index in [1.54, 1.807) is 0 Å². The van der Waals surface area contributed by atoms with Crippen LogP contribution in [-0.2, 0) is 14.2 Å². The first-order valence-electron chi connectivity index (χ1n) is 11.6. The van der Waals surface area contributed by atoms with E-state index in [0.29, 0.717) is 6.54 Å². The Hall–Kier alpha value is -0.520. The van der Waals surface area contributed by atoms with Crippen LogP contribution in [0, 0.1) is 0 Å². The number of hydrogen-bond donors (Lipinski definition) is 10. The molecule has 14 N–H and O–H groups in total. The number of aliphatic hydroxyl groups is 5. The summed E-state index contributed by atoms with van der Waals surface area (Å²) in [6.45, 7) is 0.810. The van der Waals surface area contributed by atoms with Gasteiger partial charge in [0.2, 0.25) is 0 Å². The summed E-state index contributed by atoms with van der Waals surface area (Å²) in [5, 5.41) is 49.5. The van der Waals surface area contributed by atoms with Gasteiger partial charge in [0.05, 0.1) is 31.0 Å². The zero-order valence-electron chi connectivity index (χ0n) is 19.0. The fraction of sp³-hybridized carbons (Fsp3) is 1.00. The quantitative estimate of drug-likeness (QED) is 0.157. The van der Waals surface area contributed by atoms with Crippen molar-refractivity contribution in [2.45, 2.75) is 99.4 Å². The van der Waals surface area contributed by atoms with E-state index >= 15 is 0 Å². The third-order valence-corrected chi connectivity index (χ3v) is 6.23. The predicted octanol–water partition coefficient (Wildman–Crippen LogP) is -4.63. The summed E-state index contributed by atoms with van der Waals surface area (Å²) in [6.07, 6.45) is -0.922. The standard InChI is InChI=1S/C14H29N3O4.C6H14N2O4/c15-6-11(19)7-17-10-3-9(16)4-13(5-10)21-14-2-1-12(8-18)20-14;7-1-2-4(9)5(10)3(8)6(11)12-2/h9-14,17-19H,1-8,15-16H2;2-6,9-11H,1,7-8H2/t;2-,3+,4+,5?,6-/m.0/s1. The van der Waals surface area contributed by atoms with Gasteiger partial charge in [-0.1, -0.05) is 0 Å². The minimum Gasteiger partial charge on any atom is -0.394 e. The van der Waals surface area contributed by atoms with Gasteiger partial charge in [-0.3, -0.25) is 0 Å². The van der Waals surface area contributed by atoms with Crippen molar-refractivity contribution in [1.29, 1.82) is 0 Å². The molecule has 7 unspecified atom stereocenters. The lowest BCUT2D eigenvalue weighted by molar-refractivity contribution is -0.238. The van der Waals surface area contributed by atoms with Gasteiger partial charge in [-0.25, -0.2) is 0 Å². The summed E-state index contributed by atoms with van der Waals surface area (Å²) in [6, 6.07) is -0.663. The van der Waals surface area contributed by atoms with Crippen LogP contribution in [0.15, 0.2) is 0 Å². The molecular weight excluding hydrogens is 438 g/mol. The van der Waals surface area contributed by atoms with Crippen LogP contribution in [-0.4, -0.2) is 119 Å². The average Bonchev–Trinajstić information content (AvgIpc) is 3.26. The second-order valence-electron chi connectivity index (χ2n) is 9.03. The lowest BCUT2D eigenvalue weighted by Crippen LogP contribution is -2.62. The van der Waals surface area contributed by atoms with Crippen molar-refractivity contribution in [3.05, 3.63) is 0 Å². The minimum absolute atomic E-state index is 0.0298. The molecule has 3 aliphatic rings. The summed E-state index contributed by atoms with van der Waals surface area (Å²) in [4.78, 5) is 0. The third-order valence-electron chi connectivity index (χ3n) is 6.23. The van der Waals surface area contributed by atoms with Crippen molar-refractivity contribution in [3.8, 4) is 0 Å². The molecule has 13 nitrogen and oxygen atoms in total. The van der Waals surface area contributed by atoms with E-state index in [-0.39, 0.29) is 50.3 Å². The van der Waals surface area contributed by atoms with E-state index in [2.05, 4.69) is 5.32 Å². The molecule has 33 heavy (non-hydrogen) atoms. The van der Waals surface area contributed by atoms with Crippen molar-refractivity contribution in [1.82, 2.24) is 5.32 Å². The van der Waals surface area contributed by atoms with Gasteiger partial charge in [0.25, 0.3) is 0 Å². The Labute approximate surface area is 194 Å². The Balaban J connectivity index is 0.000000273. The maximum absolute atomic E-state index is 9.51. The van der Waals surface area contributed by atoms with Gasteiger partial charge in [-0.05, 0) is 25.7 Å². The highest BCUT2D eigenvalue weighted by Gasteiger charge is 2.41. The van der Waals surface area contributed by atoms with Crippen LogP contribution in [0.5, 0.6) is 0 Å². The summed E-state index contributed by atoms with van der Waals surface area (Å²) in [7, 11) is 0. The van der Waals surface area contributed by atoms with Gasteiger partial charge < -0.3 is 68.0 Å². The Morgan fingerprint density at radius 2 is 1.73 bits per heavy atom. The van der Waals surface area contributed by atoms with E-state index < -0.39 is 36.7 Å². The van der Waals surface area contributed by atoms with E-state index in [0.717, 1.165) is 32.1 Å². The van der Waals surface area contributed by atoms with Gasteiger partial charge in [0.15, 0.2) is 12.6 Å². The smallest absolute Gasteiger partial charge is 0.172 e. The minimum atomic E-state index is -1.27. The largest absolute Gasteiger partial charge is 0.394 e. The molecule has 2 aliphatic heterocycles. The van der Waals surface area contributed by atoms with Crippen LogP contribution >= 0.6 is 0 Å². The Bertz CT molecular complexity index is 548. The molecule has 11 atom stereocenters. The monoisotopic (exact) mass is 481 g/mol. The summed E-state index contributed by atoms with van der Waals surface area (Å²) < 4.78 is 16.4.